The first-order valence-corrected chi connectivity index (χ1v) is 8.22. The van der Waals surface area contributed by atoms with Gasteiger partial charge in [0, 0.05) is 32.1 Å². The molecule has 2 aliphatic rings. The molecule has 21 heavy (non-hydrogen) atoms. The molecule has 0 amide bonds. The average Bonchev–Trinajstić information content (AvgIpc) is 2.44. The van der Waals surface area contributed by atoms with Crippen LogP contribution in [0, 0.1) is 18.3 Å². The van der Waals surface area contributed by atoms with E-state index in [0.29, 0.717) is 17.4 Å². The highest BCUT2D eigenvalue weighted by atomic mass is 16.5. The minimum Gasteiger partial charge on any atom is -0.378 e. The van der Waals surface area contributed by atoms with Gasteiger partial charge < -0.3 is 9.64 Å². The van der Waals surface area contributed by atoms with E-state index >= 15 is 0 Å². The zero-order valence-electron chi connectivity index (χ0n) is 13.5. The molecular weight excluding hydrogens is 262 g/mol. The lowest BCUT2D eigenvalue weighted by Gasteiger charge is -2.52. The standard InChI is InChI=1S/C17H27N3O/c1-13(2)12-21-15-8-17(9-15)4-6-20(7-5-17)16-18-10-14(3)11-19-16/h10-11,13,15H,4-9,12H2,1-3H3. The Morgan fingerprint density at radius 1 is 1.24 bits per heavy atom. The average molecular weight is 289 g/mol. The van der Waals surface area contributed by atoms with Crippen LogP contribution < -0.4 is 4.90 Å². The highest BCUT2D eigenvalue weighted by Gasteiger charge is 2.46. The van der Waals surface area contributed by atoms with Crippen LogP contribution in [0.3, 0.4) is 0 Å². The van der Waals surface area contributed by atoms with Crippen LogP contribution in [0.25, 0.3) is 0 Å². The summed E-state index contributed by atoms with van der Waals surface area (Å²) in [7, 11) is 0. The van der Waals surface area contributed by atoms with Gasteiger partial charge in [0.1, 0.15) is 0 Å². The van der Waals surface area contributed by atoms with Crippen LogP contribution in [0.5, 0.6) is 0 Å². The van der Waals surface area contributed by atoms with Gasteiger partial charge in [0.05, 0.1) is 6.10 Å². The van der Waals surface area contributed by atoms with Gasteiger partial charge in [0.25, 0.3) is 0 Å². The van der Waals surface area contributed by atoms with Gasteiger partial charge in [-0.3, -0.25) is 0 Å². The highest BCUT2D eigenvalue weighted by molar-refractivity contribution is 5.31. The van der Waals surface area contributed by atoms with Crippen molar-refractivity contribution >= 4 is 5.95 Å². The summed E-state index contributed by atoms with van der Waals surface area (Å²) < 4.78 is 5.95. The summed E-state index contributed by atoms with van der Waals surface area (Å²) in [6.07, 6.45) is 9.34. The summed E-state index contributed by atoms with van der Waals surface area (Å²) in [5, 5.41) is 0. The van der Waals surface area contributed by atoms with E-state index in [0.717, 1.165) is 31.2 Å². The molecule has 4 heteroatoms. The lowest BCUT2D eigenvalue weighted by atomic mass is 9.61. The maximum Gasteiger partial charge on any atom is 0.225 e. The van der Waals surface area contributed by atoms with Crippen molar-refractivity contribution in [1.29, 1.82) is 0 Å². The highest BCUT2D eigenvalue weighted by Crippen LogP contribution is 2.50. The number of ether oxygens (including phenoxy) is 1. The van der Waals surface area contributed by atoms with E-state index < -0.39 is 0 Å². The lowest BCUT2D eigenvalue weighted by molar-refractivity contribution is -0.0972. The van der Waals surface area contributed by atoms with Gasteiger partial charge >= 0.3 is 0 Å². The number of rotatable bonds is 4. The summed E-state index contributed by atoms with van der Waals surface area (Å²) in [6.45, 7) is 9.54. The molecule has 0 radical (unpaired) electrons. The van der Waals surface area contributed by atoms with Gasteiger partial charge in [-0.05, 0) is 49.5 Å². The Kier molecular flexibility index (Phi) is 4.16. The maximum atomic E-state index is 5.95. The van der Waals surface area contributed by atoms with Crippen molar-refractivity contribution in [1.82, 2.24) is 9.97 Å². The second kappa shape index (κ2) is 5.91. The number of hydrogen-bond acceptors (Lipinski definition) is 4. The third-order valence-corrected chi connectivity index (χ3v) is 4.86. The zero-order chi connectivity index (χ0) is 14.9. The molecular formula is C17H27N3O. The van der Waals surface area contributed by atoms with Gasteiger partial charge in [-0.1, -0.05) is 13.8 Å². The van der Waals surface area contributed by atoms with E-state index in [1.165, 1.54) is 25.7 Å². The second-order valence-electron chi connectivity index (χ2n) is 7.30. The quantitative estimate of drug-likeness (QED) is 0.853. The number of aromatic nitrogens is 2. The molecule has 1 aromatic rings. The predicted molar refractivity (Wildman–Crippen MR) is 84.5 cm³/mol. The molecule has 0 bridgehead atoms. The van der Waals surface area contributed by atoms with Gasteiger partial charge in [0.15, 0.2) is 0 Å². The van der Waals surface area contributed by atoms with Crippen molar-refractivity contribution in [3.8, 4) is 0 Å². The van der Waals surface area contributed by atoms with Crippen molar-refractivity contribution in [2.75, 3.05) is 24.6 Å². The van der Waals surface area contributed by atoms with Crippen LogP contribution in [0.2, 0.25) is 0 Å². The topological polar surface area (TPSA) is 38.2 Å². The van der Waals surface area contributed by atoms with Gasteiger partial charge in [-0.25, -0.2) is 9.97 Å². The monoisotopic (exact) mass is 289 g/mol. The summed E-state index contributed by atoms with van der Waals surface area (Å²) in [5.74, 6) is 1.53. The molecule has 0 unspecified atom stereocenters. The van der Waals surface area contributed by atoms with Crippen molar-refractivity contribution in [2.24, 2.45) is 11.3 Å². The Labute approximate surface area is 127 Å². The molecule has 1 aliphatic carbocycles. The van der Waals surface area contributed by atoms with Crippen LogP contribution in [-0.4, -0.2) is 35.8 Å². The SMILES string of the molecule is Cc1cnc(N2CCC3(CC2)CC(OCC(C)C)C3)nc1. The Balaban J connectivity index is 1.47. The molecule has 1 aliphatic heterocycles. The van der Waals surface area contributed by atoms with E-state index in [1.807, 2.05) is 19.3 Å². The minimum atomic E-state index is 0.509. The number of piperidine rings is 1. The Bertz CT molecular complexity index is 455. The molecule has 1 saturated carbocycles. The summed E-state index contributed by atoms with van der Waals surface area (Å²) in [4.78, 5) is 11.2. The first-order valence-electron chi connectivity index (χ1n) is 8.22. The van der Waals surface area contributed by atoms with E-state index in [9.17, 15) is 0 Å². The number of nitrogens with zero attached hydrogens (tertiary/aromatic N) is 3. The Hall–Kier alpha value is -1.16. The fraction of sp³-hybridized carbons (Fsp3) is 0.765. The molecule has 4 nitrogen and oxygen atoms in total. The summed E-state index contributed by atoms with van der Waals surface area (Å²) in [5.41, 5.74) is 1.67. The molecule has 3 rings (SSSR count). The van der Waals surface area contributed by atoms with Gasteiger partial charge in [-0.2, -0.15) is 0 Å². The number of aryl methyl sites for hydroxylation is 1. The van der Waals surface area contributed by atoms with Crippen LogP contribution in [0.1, 0.15) is 45.1 Å². The number of anilines is 1. The normalized spacial score (nSPS) is 21.8. The minimum absolute atomic E-state index is 0.509. The van der Waals surface area contributed by atoms with Gasteiger partial charge in [-0.15, -0.1) is 0 Å². The smallest absolute Gasteiger partial charge is 0.225 e. The number of hydrogen-bond donors (Lipinski definition) is 0. The van der Waals surface area contributed by atoms with E-state index in [2.05, 4.69) is 28.7 Å². The first-order chi connectivity index (χ1) is 10.1. The first kappa shape index (κ1) is 14.8. The fourth-order valence-electron chi connectivity index (χ4n) is 3.49. The van der Waals surface area contributed by atoms with Crippen molar-refractivity contribution < 1.29 is 4.74 Å². The van der Waals surface area contributed by atoms with Gasteiger partial charge in [0.2, 0.25) is 5.95 Å². The third-order valence-electron chi connectivity index (χ3n) is 4.86. The third kappa shape index (κ3) is 3.37. The summed E-state index contributed by atoms with van der Waals surface area (Å²) >= 11 is 0. The van der Waals surface area contributed by atoms with Crippen LogP contribution >= 0.6 is 0 Å². The van der Waals surface area contributed by atoms with Crippen LogP contribution in [0.15, 0.2) is 12.4 Å². The maximum absolute atomic E-state index is 5.95. The molecule has 0 N–H and O–H groups in total. The fourth-order valence-corrected chi connectivity index (χ4v) is 3.49. The summed E-state index contributed by atoms with van der Waals surface area (Å²) in [6, 6.07) is 0. The molecule has 1 saturated heterocycles. The van der Waals surface area contributed by atoms with E-state index in [1.54, 1.807) is 0 Å². The lowest BCUT2D eigenvalue weighted by Crippen LogP contribution is -2.50. The van der Waals surface area contributed by atoms with Crippen molar-refractivity contribution in [3.63, 3.8) is 0 Å². The van der Waals surface area contributed by atoms with Crippen LogP contribution in [-0.2, 0) is 4.74 Å². The molecule has 0 aromatic carbocycles. The molecule has 2 heterocycles. The molecule has 0 atom stereocenters. The van der Waals surface area contributed by atoms with Crippen LogP contribution in [0.4, 0.5) is 5.95 Å². The zero-order valence-corrected chi connectivity index (χ0v) is 13.5. The Morgan fingerprint density at radius 2 is 1.86 bits per heavy atom. The largest absolute Gasteiger partial charge is 0.378 e. The van der Waals surface area contributed by atoms with Crippen molar-refractivity contribution in [3.05, 3.63) is 18.0 Å². The van der Waals surface area contributed by atoms with Crippen molar-refractivity contribution in [2.45, 2.75) is 52.6 Å². The van der Waals surface area contributed by atoms with E-state index in [4.69, 9.17) is 4.74 Å². The molecule has 1 aromatic heterocycles. The second-order valence-corrected chi connectivity index (χ2v) is 7.30. The predicted octanol–water partition coefficient (Wildman–Crippen LogP) is 3.21. The molecule has 2 fully saturated rings. The Morgan fingerprint density at radius 3 is 2.43 bits per heavy atom. The van der Waals surface area contributed by atoms with E-state index in [-0.39, 0.29) is 0 Å². The molecule has 1 spiro atoms. The molecule has 116 valence electrons.